The van der Waals surface area contributed by atoms with E-state index in [0.717, 1.165) is 31.2 Å². The number of carbonyl (C=O) groups excluding carboxylic acids is 3. The first kappa shape index (κ1) is 23.8. The molecule has 0 aromatic heterocycles. The Morgan fingerprint density at radius 3 is 2.66 bits per heavy atom. The number of nitrogens with zero attached hydrogens (tertiary/aromatic N) is 1. The van der Waals surface area contributed by atoms with Crippen LogP contribution in [0.2, 0.25) is 0 Å². The van der Waals surface area contributed by atoms with Crippen LogP contribution >= 0.6 is 0 Å². The van der Waals surface area contributed by atoms with Crippen molar-refractivity contribution in [3.8, 4) is 0 Å². The van der Waals surface area contributed by atoms with Crippen LogP contribution in [0.3, 0.4) is 0 Å². The Kier molecular flexibility index (Phi) is 7.21. The van der Waals surface area contributed by atoms with Crippen LogP contribution < -0.4 is 16.4 Å². The highest BCUT2D eigenvalue weighted by atomic mass is 16.2. The topological polar surface area (TPSA) is 128 Å². The van der Waals surface area contributed by atoms with Gasteiger partial charge >= 0.3 is 0 Å². The van der Waals surface area contributed by atoms with Crippen LogP contribution in [0, 0.1) is 17.7 Å². The van der Waals surface area contributed by atoms with Crippen LogP contribution in [0.15, 0.2) is 18.2 Å². The minimum atomic E-state index is -0.828. The molecule has 8 nitrogen and oxygen atoms in total. The molecule has 2 aliphatic rings. The molecule has 2 atom stereocenters. The highest BCUT2D eigenvalue weighted by Crippen LogP contribution is 2.35. The Hall–Kier alpha value is -2.90. The van der Waals surface area contributed by atoms with Gasteiger partial charge in [0.15, 0.2) is 0 Å². The molecule has 1 saturated heterocycles. The van der Waals surface area contributed by atoms with Crippen molar-refractivity contribution in [2.75, 3.05) is 18.4 Å². The third-order valence-electron chi connectivity index (χ3n) is 6.55. The zero-order chi connectivity index (χ0) is 23.5. The fraction of sp³-hybridized carbons (Fsp3) is 0.583. The zero-order valence-corrected chi connectivity index (χ0v) is 19.3. The number of hydrogen-bond acceptors (Lipinski definition) is 5. The number of rotatable bonds is 7. The number of benzene rings is 1. The van der Waals surface area contributed by atoms with Crippen LogP contribution in [-0.2, 0) is 14.4 Å². The molecule has 1 aromatic carbocycles. The minimum absolute atomic E-state index is 0.0251. The molecule has 174 valence electrons. The summed E-state index contributed by atoms with van der Waals surface area (Å²) in [7, 11) is 0. The molecule has 1 aliphatic heterocycles. The number of nitrogens with one attached hydrogen (secondary N) is 3. The summed E-state index contributed by atoms with van der Waals surface area (Å²) >= 11 is 0. The SMILES string of the molecule is Cc1ccc(C(=N)C(N)=O)c(NCC(=O)N2CCC[C@H]2C(=O)NC2CCCC(C)(C)C2)c1. The Labute approximate surface area is 189 Å². The lowest BCUT2D eigenvalue weighted by Crippen LogP contribution is -2.51. The maximum atomic E-state index is 13.0. The number of hydrogen-bond donors (Lipinski definition) is 4. The number of carbonyl (C=O) groups is 3. The standard InChI is InChI=1S/C24H35N5O3/c1-15-8-9-17(21(25)22(26)31)18(12-15)27-14-20(30)29-11-5-7-19(29)23(32)28-16-6-4-10-24(2,3)13-16/h8-9,12,16,19,25,27H,4-7,10-11,13-14H2,1-3H3,(H2,26,31)(H,28,32)/t16?,19-/m0/s1. The Morgan fingerprint density at radius 1 is 1.22 bits per heavy atom. The van der Waals surface area contributed by atoms with Crippen molar-refractivity contribution in [2.45, 2.75) is 71.4 Å². The molecule has 1 aliphatic carbocycles. The summed E-state index contributed by atoms with van der Waals surface area (Å²) in [5, 5.41) is 14.2. The van der Waals surface area contributed by atoms with Crippen LogP contribution in [0.25, 0.3) is 0 Å². The molecule has 1 heterocycles. The Morgan fingerprint density at radius 2 is 1.97 bits per heavy atom. The van der Waals surface area contributed by atoms with Crippen molar-refractivity contribution in [3.05, 3.63) is 29.3 Å². The van der Waals surface area contributed by atoms with Gasteiger partial charge in [0.2, 0.25) is 11.8 Å². The van der Waals surface area contributed by atoms with Gasteiger partial charge in [0.25, 0.3) is 5.91 Å². The monoisotopic (exact) mass is 441 g/mol. The summed E-state index contributed by atoms with van der Waals surface area (Å²) in [4.78, 5) is 39.0. The van der Waals surface area contributed by atoms with Crippen molar-refractivity contribution in [1.29, 1.82) is 5.41 Å². The van der Waals surface area contributed by atoms with Gasteiger partial charge in [-0.3, -0.25) is 19.8 Å². The normalized spacial score (nSPS) is 22.3. The summed E-state index contributed by atoms with van der Waals surface area (Å²) in [5.74, 6) is -1.07. The van der Waals surface area contributed by atoms with Crippen molar-refractivity contribution in [2.24, 2.45) is 11.1 Å². The molecule has 1 unspecified atom stereocenters. The molecule has 8 heteroatoms. The summed E-state index contributed by atoms with van der Waals surface area (Å²) in [6.45, 7) is 6.88. The summed E-state index contributed by atoms with van der Waals surface area (Å²) in [6, 6.07) is 4.92. The number of primary amides is 1. The summed E-state index contributed by atoms with van der Waals surface area (Å²) < 4.78 is 0. The molecular formula is C24H35N5O3. The quantitative estimate of drug-likeness (QED) is 0.484. The van der Waals surface area contributed by atoms with Gasteiger partial charge in [0, 0.05) is 23.8 Å². The first-order valence-electron chi connectivity index (χ1n) is 11.4. The summed E-state index contributed by atoms with van der Waals surface area (Å²) in [6.07, 6.45) is 5.68. The Bertz CT molecular complexity index is 911. The molecule has 5 N–H and O–H groups in total. The van der Waals surface area contributed by atoms with Crippen molar-refractivity contribution >= 4 is 29.1 Å². The average Bonchev–Trinajstić information content (AvgIpc) is 3.21. The second kappa shape index (κ2) is 9.71. The summed E-state index contributed by atoms with van der Waals surface area (Å²) in [5.41, 5.74) is 6.97. The van der Waals surface area contributed by atoms with Gasteiger partial charge < -0.3 is 21.3 Å². The van der Waals surface area contributed by atoms with E-state index in [4.69, 9.17) is 11.1 Å². The van der Waals surface area contributed by atoms with E-state index in [0.29, 0.717) is 24.2 Å². The average molecular weight is 442 g/mol. The highest BCUT2D eigenvalue weighted by Gasteiger charge is 2.36. The van der Waals surface area contributed by atoms with E-state index in [1.54, 1.807) is 23.1 Å². The third kappa shape index (κ3) is 5.66. The second-order valence-electron chi connectivity index (χ2n) is 9.85. The van der Waals surface area contributed by atoms with E-state index in [2.05, 4.69) is 24.5 Å². The van der Waals surface area contributed by atoms with E-state index in [1.165, 1.54) is 6.42 Å². The zero-order valence-electron chi connectivity index (χ0n) is 19.3. The number of amides is 3. The molecular weight excluding hydrogens is 406 g/mol. The van der Waals surface area contributed by atoms with Crippen molar-refractivity contribution < 1.29 is 14.4 Å². The van der Waals surface area contributed by atoms with Crippen molar-refractivity contribution in [1.82, 2.24) is 10.2 Å². The van der Waals surface area contributed by atoms with E-state index < -0.39 is 11.9 Å². The molecule has 2 fully saturated rings. The van der Waals surface area contributed by atoms with Gasteiger partial charge in [-0.05, 0) is 56.1 Å². The van der Waals surface area contributed by atoms with Crippen LogP contribution in [0.1, 0.15) is 63.5 Å². The van der Waals surface area contributed by atoms with Gasteiger partial charge in [-0.1, -0.05) is 32.4 Å². The molecule has 1 aromatic rings. The number of likely N-dealkylation sites (tertiary alicyclic amines) is 1. The lowest BCUT2D eigenvalue weighted by molar-refractivity contribution is -0.137. The maximum absolute atomic E-state index is 13.0. The lowest BCUT2D eigenvalue weighted by atomic mass is 9.75. The fourth-order valence-electron chi connectivity index (χ4n) is 4.88. The van der Waals surface area contributed by atoms with Crippen molar-refractivity contribution in [3.63, 3.8) is 0 Å². The van der Waals surface area contributed by atoms with E-state index in [9.17, 15) is 14.4 Å². The first-order valence-corrected chi connectivity index (χ1v) is 11.4. The first-order chi connectivity index (χ1) is 15.1. The smallest absolute Gasteiger partial charge is 0.267 e. The largest absolute Gasteiger partial charge is 0.376 e. The van der Waals surface area contributed by atoms with E-state index in [-0.39, 0.29) is 35.5 Å². The molecule has 0 radical (unpaired) electrons. The highest BCUT2D eigenvalue weighted by molar-refractivity contribution is 6.44. The molecule has 3 amide bonds. The van der Waals surface area contributed by atoms with Gasteiger partial charge in [-0.25, -0.2) is 0 Å². The van der Waals surface area contributed by atoms with Gasteiger partial charge in [-0.15, -0.1) is 0 Å². The molecule has 0 spiro atoms. The number of nitrogens with two attached hydrogens (primary N) is 1. The lowest BCUT2D eigenvalue weighted by Gasteiger charge is -2.36. The molecule has 1 saturated carbocycles. The molecule has 3 rings (SSSR count). The van der Waals surface area contributed by atoms with E-state index in [1.807, 2.05) is 6.92 Å². The second-order valence-corrected chi connectivity index (χ2v) is 9.85. The number of aryl methyl sites for hydroxylation is 1. The van der Waals surface area contributed by atoms with Crippen LogP contribution in [0.4, 0.5) is 5.69 Å². The van der Waals surface area contributed by atoms with Gasteiger partial charge in [0.05, 0.1) is 6.54 Å². The Balaban J connectivity index is 1.63. The van der Waals surface area contributed by atoms with E-state index >= 15 is 0 Å². The molecule has 32 heavy (non-hydrogen) atoms. The van der Waals surface area contributed by atoms with Gasteiger partial charge in [-0.2, -0.15) is 0 Å². The number of anilines is 1. The van der Waals surface area contributed by atoms with Crippen LogP contribution in [0.5, 0.6) is 0 Å². The third-order valence-corrected chi connectivity index (χ3v) is 6.55. The maximum Gasteiger partial charge on any atom is 0.267 e. The van der Waals surface area contributed by atoms with Gasteiger partial charge in [0.1, 0.15) is 11.8 Å². The minimum Gasteiger partial charge on any atom is -0.376 e. The predicted octanol–water partition coefficient (Wildman–Crippen LogP) is 2.34. The molecule has 0 bridgehead atoms. The fourth-order valence-corrected chi connectivity index (χ4v) is 4.88. The van der Waals surface area contributed by atoms with Crippen LogP contribution in [-0.4, -0.2) is 53.5 Å². The predicted molar refractivity (Wildman–Crippen MR) is 125 cm³/mol.